The van der Waals surface area contributed by atoms with Crippen molar-refractivity contribution in [3.05, 3.63) is 17.0 Å². The van der Waals surface area contributed by atoms with Crippen LogP contribution in [0.1, 0.15) is 40.7 Å². The van der Waals surface area contributed by atoms with Crippen LogP contribution in [0.25, 0.3) is 0 Å². The van der Waals surface area contributed by atoms with E-state index >= 15 is 0 Å². The Morgan fingerprint density at radius 3 is 2.73 bits per heavy atom. The van der Waals surface area contributed by atoms with E-state index < -0.39 is 29.3 Å². The number of rotatable bonds is 0. The Balaban J connectivity index is 2.58. The van der Waals surface area contributed by atoms with Crippen molar-refractivity contribution in [3.63, 3.8) is 0 Å². The maximum absolute atomic E-state index is 12.4. The number of alkyl halides is 3. The first-order chi connectivity index (χ1) is 6.91. The SMILES string of the molecule is O=C1CCC(O)c2c1n[nH]c2C(F)(F)F. The fraction of sp³-hybridized carbons (Fsp3) is 0.500. The Labute approximate surface area is 82.1 Å². The molecule has 2 N–H and O–H groups in total. The molecule has 1 aliphatic carbocycles. The lowest BCUT2D eigenvalue weighted by atomic mass is 9.92. The van der Waals surface area contributed by atoms with E-state index in [4.69, 9.17) is 0 Å². The third-order valence-corrected chi connectivity index (χ3v) is 2.33. The summed E-state index contributed by atoms with van der Waals surface area (Å²) in [6.07, 6.45) is -5.86. The number of aliphatic hydroxyl groups is 1. The Morgan fingerprint density at radius 1 is 1.47 bits per heavy atom. The molecule has 0 spiro atoms. The van der Waals surface area contributed by atoms with Crippen LogP contribution in [0.4, 0.5) is 13.2 Å². The van der Waals surface area contributed by atoms with Gasteiger partial charge in [-0.15, -0.1) is 0 Å². The number of ketones is 1. The molecule has 1 unspecified atom stereocenters. The summed E-state index contributed by atoms with van der Waals surface area (Å²) in [6, 6.07) is 0. The van der Waals surface area contributed by atoms with E-state index in [9.17, 15) is 23.1 Å². The topological polar surface area (TPSA) is 66.0 Å². The van der Waals surface area contributed by atoms with E-state index in [-0.39, 0.29) is 18.5 Å². The van der Waals surface area contributed by atoms with Crippen LogP contribution in [0, 0.1) is 0 Å². The summed E-state index contributed by atoms with van der Waals surface area (Å²) in [7, 11) is 0. The van der Waals surface area contributed by atoms with Crippen LogP contribution in [0.15, 0.2) is 0 Å². The third-order valence-electron chi connectivity index (χ3n) is 2.33. The van der Waals surface area contributed by atoms with Gasteiger partial charge in [0, 0.05) is 12.0 Å². The number of nitrogens with one attached hydrogen (secondary N) is 1. The van der Waals surface area contributed by atoms with E-state index in [0.717, 1.165) is 0 Å². The molecule has 4 nitrogen and oxygen atoms in total. The van der Waals surface area contributed by atoms with Gasteiger partial charge in [-0.1, -0.05) is 0 Å². The van der Waals surface area contributed by atoms with Crippen LogP contribution in [0.5, 0.6) is 0 Å². The number of hydrogen-bond donors (Lipinski definition) is 2. The zero-order valence-electron chi connectivity index (χ0n) is 7.43. The molecule has 0 amide bonds. The Kier molecular flexibility index (Phi) is 2.07. The molecular formula is C8H7F3N2O2. The molecule has 0 aromatic carbocycles. The van der Waals surface area contributed by atoms with Crippen LogP contribution in [0.2, 0.25) is 0 Å². The first-order valence-corrected chi connectivity index (χ1v) is 4.28. The summed E-state index contributed by atoms with van der Waals surface area (Å²) >= 11 is 0. The highest BCUT2D eigenvalue weighted by Crippen LogP contribution is 2.38. The van der Waals surface area contributed by atoms with Crippen molar-refractivity contribution >= 4 is 5.78 Å². The molecule has 0 saturated carbocycles. The molecular weight excluding hydrogens is 213 g/mol. The van der Waals surface area contributed by atoms with Crippen molar-refractivity contribution in [3.8, 4) is 0 Å². The average molecular weight is 220 g/mol. The predicted molar refractivity (Wildman–Crippen MR) is 42.1 cm³/mol. The van der Waals surface area contributed by atoms with Gasteiger partial charge in [-0.3, -0.25) is 9.89 Å². The van der Waals surface area contributed by atoms with E-state index in [1.165, 1.54) is 0 Å². The van der Waals surface area contributed by atoms with Crippen molar-refractivity contribution in [1.29, 1.82) is 0 Å². The molecule has 15 heavy (non-hydrogen) atoms. The van der Waals surface area contributed by atoms with Gasteiger partial charge in [0.25, 0.3) is 0 Å². The molecule has 1 heterocycles. The minimum atomic E-state index is -4.63. The number of carbonyl (C=O) groups is 1. The first kappa shape index (κ1) is 10.2. The zero-order chi connectivity index (χ0) is 11.2. The van der Waals surface area contributed by atoms with Gasteiger partial charge in [0.2, 0.25) is 0 Å². The lowest BCUT2D eigenvalue weighted by Crippen LogP contribution is -2.18. The van der Waals surface area contributed by atoms with Crippen molar-refractivity contribution < 1.29 is 23.1 Å². The van der Waals surface area contributed by atoms with Gasteiger partial charge in [0.15, 0.2) is 5.78 Å². The highest BCUT2D eigenvalue weighted by atomic mass is 19.4. The lowest BCUT2D eigenvalue weighted by molar-refractivity contribution is -0.142. The summed E-state index contributed by atoms with van der Waals surface area (Å²) in [5.74, 6) is -0.470. The second-order valence-corrected chi connectivity index (χ2v) is 3.34. The number of aromatic nitrogens is 2. The van der Waals surface area contributed by atoms with Crippen molar-refractivity contribution in [2.45, 2.75) is 25.1 Å². The Morgan fingerprint density at radius 2 is 2.13 bits per heavy atom. The molecule has 0 radical (unpaired) electrons. The molecule has 82 valence electrons. The fourth-order valence-corrected chi connectivity index (χ4v) is 1.63. The van der Waals surface area contributed by atoms with Crippen LogP contribution >= 0.6 is 0 Å². The Hall–Kier alpha value is -1.37. The molecule has 1 atom stereocenters. The number of carbonyl (C=O) groups excluding carboxylic acids is 1. The van der Waals surface area contributed by atoms with Crippen LogP contribution in [0.3, 0.4) is 0 Å². The van der Waals surface area contributed by atoms with Gasteiger partial charge in [-0.25, -0.2) is 0 Å². The van der Waals surface area contributed by atoms with E-state index in [1.54, 1.807) is 5.10 Å². The van der Waals surface area contributed by atoms with Crippen LogP contribution in [-0.2, 0) is 6.18 Å². The van der Waals surface area contributed by atoms with Gasteiger partial charge in [0.1, 0.15) is 11.4 Å². The van der Waals surface area contributed by atoms with E-state index in [1.807, 2.05) is 0 Å². The first-order valence-electron chi connectivity index (χ1n) is 4.28. The number of aliphatic hydroxyl groups excluding tert-OH is 1. The van der Waals surface area contributed by atoms with Crippen molar-refractivity contribution in [1.82, 2.24) is 10.2 Å². The molecule has 1 aromatic heterocycles. The Bertz CT molecular complexity index is 411. The summed E-state index contributed by atoms with van der Waals surface area (Å²) < 4.78 is 37.2. The minimum Gasteiger partial charge on any atom is -0.388 e. The average Bonchev–Trinajstić information content (AvgIpc) is 2.55. The third kappa shape index (κ3) is 1.52. The summed E-state index contributed by atoms with van der Waals surface area (Å²) in [4.78, 5) is 11.2. The zero-order valence-corrected chi connectivity index (χ0v) is 7.43. The lowest BCUT2D eigenvalue weighted by Gasteiger charge is -2.17. The number of nitrogens with zero attached hydrogens (tertiary/aromatic N) is 1. The van der Waals surface area contributed by atoms with Gasteiger partial charge in [0.05, 0.1) is 6.10 Å². The normalized spacial score (nSPS) is 21.6. The van der Waals surface area contributed by atoms with Gasteiger partial charge in [-0.2, -0.15) is 18.3 Å². The number of H-pyrrole nitrogens is 1. The monoisotopic (exact) mass is 220 g/mol. The number of halogens is 3. The molecule has 1 aromatic rings. The highest BCUT2D eigenvalue weighted by molar-refractivity contribution is 5.97. The molecule has 7 heteroatoms. The fourth-order valence-electron chi connectivity index (χ4n) is 1.63. The number of fused-ring (bicyclic) bond motifs is 1. The molecule has 1 aliphatic rings. The number of Topliss-reactive ketones (excluding diaryl/α,β-unsaturated/α-hetero) is 1. The van der Waals surface area contributed by atoms with Crippen LogP contribution < -0.4 is 0 Å². The molecule has 2 rings (SSSR count). The predicted octanol–water partition coefficient (Wildman–Crippen LogP) is 1.44. The van der Waals surface area contributed by atoms with Crippen molar-refractivity contribution in [2.75, 3.05) is 0 Å². The van der Waals surface area contributed by atoms with Crippen molar-refractivity contribution in [2.24, 2.45) is 0 Å². The second-order valence-electron chi connectivity index (χ2n) is 3.34. The summed E-state index contributed by atoms with van der Waals surface area (Å²) in [5, 5.41) is 14.5. The largest absolute Gasteiger partial charge is 0.433 e. The minimum absolute atomic E-state index is 0.00838. The van der Waals surface area contributed by atoms with Gasteiger partial charge < -0.3 is 5.11 Å². The maximum atomic E-state index is 12.4. The highest BCUT2D eigenvalue weighted by Gasteiger charge is 2.41. The second kappa shape index (κ2) is 3.06. The van der Waals surface area contributed by atoms with E-state index in [0.29, 0.717) is 0 Å². The molecule has 0 fully saturated rings. The molecule has 0 saturated heterocycles. The molecule has 0 bridgehead atoms. The van der Waals surface area contributed by atoms with Gasteiger partial charge >= 0.3 is 6.18 Å². The quantitative estimate of drug-likeness (QED) is 0.695. The van der Waals surface area contributed by atoms with Gasteiger partial charge in [-0.05, 0) is 6.42 Å². The molecule has 0 aliphatic heterocycles. The van der Waals surface area contributed by atoms with E-state index in [2.05, 4.69) is 5.10 Å². The van der Waals surface area contributed by atoms with Crippen LogP contribution in [-0.4, -0.2) is 21.1 Å². The smallest absolute Gasteiger partial charge is 0.388 e. The summed E-state index contributed by atoms with van der Waals surface area (Å²) in [6.45, 7) is 0. The number of hydrogen-bond acceptors (Lipinski definition) is 3. The number of aromatic amines is 1. The standard InChI is InChI=1S/C8H7F3N2O2/c9-8(10,11)7-5-3(14)1-2-4(15)6(5)12-13-7/h3,14H,1-2H2,(H,12,13). The summed E-state index contributed by atoms with van der Waals surface area (Å²) in [5.41, 5.74) is -1.84. The maximum Gasteiger partial charge on any atom is 0.433 e.